The molecular formula is C50H82N8O13. The standard InChI is InChI=1S/C50H82N8O13/c1-17-29(7)41(71-48(68)30(8)35(18-2)55-43(62)32(10)54-49(69)50(11,12)42(61)31(9)51)45(64)53-25-38(59)56(13)36(23-27(3)4)44(63)52-26-39(60)58(15)40(28(5)6)46(65)57(14)37(47(66)67)24-33-19-21-34(70-16)22-20-33/h19-22,27-32,35-37,40-41H,17-18,23-26,51H2,1-16H3,(H,52,63)(H,53,64)(H,54,69)(H,55,62)(H,66,67)/t29-,30-,31-,32-,35+,36-,37-,40-,41-/m0/s1. The second kappa shape index (κ2) is 28.7. The first-order valence-electron chi connectivity index (χ1n) is 24.2. The SMILES string of the molecule is CC[C@H](C)[C@H](OC(=O)[C@@H](C)[C@@H](CC)NC(=O)[C@H](C)NC(=O)C(C)(C)C(=O)[C@H](C)N)C(=O)NCC(=O)N(C)[C@@H](CC(C)C)C(=O)NCC(=O)N(C)[C@H](C(=O)N(C)[C@@H](Cc1ccc(OC)cc1)C(=O)O)C(C)C. The summed E-state index contributed by atoms with van der Waals surface area (Å²) in [5.41, 5.74) is 4.84. The molecule has 0 aliphatic carbocycles. The summed E-state index contributed by atoms with van der Waals surface area (Å²) in [6, 6.07) is 0.559. The van der Waals surface area contributed by atoms with Gasteiger partial charge in [-0.3, -0.25) is 43.2 Å². The third kappa shape index (κ3) is 18.2. The fourth-order valence-corrected chi connectivity index (χ4v) is 7.70. The minimum atomic E-state index is -1.50. The van der Waals surface area contributed by atoms with Gasteiger partial charge in [-0.05, 0) is 83.4 Å². The number of ketones is 1. The summed E-state index contributed by atoms with van der Waals surface area (Å²) in [5, 5.41) is 20.5. The number of ether oxygens (including phenoxy) is 2. The van der Waals surface area contributed by atoms with Crippen molar-refractivity contribution in [2.24, 2.45) is 34.8 Å². The topological polar surface area (TPSA) is 293 Å². The molecule has 1 aromatic rings. The third-order valence-electron chi connectivity index (χ3n) is 12.8. The molecule has 0 spiro atoms. The van der Waals surface area contributed by atoms with Crippen molar-refractivity contribution in [3.8, 4) is 5.75 Å². The van der Waals surface area contributed by atoms with Crippen LogP contribution in [0.15, 0.2) is 24.3 Å². The molecular weight excluding hydrogens is 921 g/mol. The van der Waals surface area contributed by atoms with E-state index in [1.165, 1.54) is 62.9 Å². The van der Waals surface area contributed by atoms with E-state index >= 15 is 0 Å². The molecule has 7 amide bonds. The molecule has 0 aliphatic heterocycles. The molecule has 0 bridgehead atoms. The second-order valence-electron chi connectivity index (χ2n) is 19.7. The summed E-state index contributed by atoms with van der Waals surface area (Å²) in [6.45, 7) is 18.4. The molecule has 0 radical (unpaired) electrons. The first kappa shape index (κ1) is 62.9. The molecule has 0 unspecified atom stereocenters. The van der Waals surface area contributed by atoms with Crippen molar-refractivity contribution in [3.63, 3.8) is 0 Å². The van der Waals surface area contributed by atoms with Gasteiger partial charge in [-0.1, -0.05) is 60.6 Å². The molecule has 0 saturated heterocycles. The molecule has 0 aromatic heterocycles. The van der Waals surface area contributed by atoms with Crippen LogP contribution >= 0.6 is 0 Å². The van der Waals surface area contributed by atoms with Crippen molar-refractivity contribution >= 4 is 59.1 Å². The number of benzene rings is 1. The molecule has 0 saturated carbocycles. The quantitative estimate of drug-likeness (QED) is 0.0492. The van der Waals surface area contributed by atoms with Gasteiger partial charge in [0, 0.05) is 39.5 Å². The Labute approximate surface area is 419 Å². The molecule has 7 N–H and O–H groups in total. The fraction of sp³-hybridized carbons (Fsp3) is 0.680. The van der Waals surface area contributed by atoms with E-state index in [0.717, 1.165) is 14.7 Å². The maximum atomic E-state index is 13.9. The summed E-state index contributed by atoms with van der Waals surface area (Å²) in [7, 11) is 5.64. The number of hydrogen-bond acceptors (Lipinski definition) is 13. The highest BCUT2D eigenvalue weighted by Crippen LogP contribution is 2.22. The zero-order valence-corrected chi connectivity index (χ0v) is 44.7. The number of methoxy groups -OCH3 is 1. The van der Waals surface area contributed by atoms with Gasteiger partial charge in [-0.15, -0.1) is 0 Å². The van der Waals surface area contributed by atoms with Crippen LogP contribution < -0.4 is 31.7 Å². The average molecular weight is 1000 g/mol. The second-order valence-corrected chi connectivity index (χ2v) is 19.7. The van der Waals surface area contributed by atoms with Crippen molar-refractivity contribution in [1.29, 1.82) is 0 Å². The monoisotopic (exact) mass is 1000 g/mol. The normalized spacial score (nSPS) is 15.3. The van der Waals surface area contributed by atoms with Gasteiger partial charge in [-0.2, -0.15) is 0 Å². The maximum absolute atomic E-state index is 13.9. The Morgan fingerprint density at radius 3 is 1.72 bits per heavy atom. The van der Waals surface area contributed by atoms with Crippen LogP contribution in [0.2, 0.25) is 0 Å². The van der Waals surface area contributed by atoms with E-state index in [0.29, 0.717) is 17.7 Å². The molecule has 0 fully saturated rings. The van der Waals surface area contributed by atoms with Gasteiger partial charge in [-0.25, -0.2) is 4.79 Å². The number of carboxylic acids is 1. The summed E-state index contributed by atoms with van der Waals surface area (Å²) in [6.07, 6.45) is -0.502. The number of hydrogen-bond donors (Lipinski definition) is 6. The van der Waals surface area contributed by atoms with Crippen LogP contribution in [-0.2, 0) is 59.1 Å². The number of carbonyl (C=O) groups is 10. The van der Waals surface area contributed by atoms with Crippen molar-refractivity contribution in [3.05, 3.63) is 29.8 Å². The highest BCUT2D eigenvalue weighted by atomic mass is 16.5. The number of nitrogens with one attached hydrogen (secondary N) is 4. The Balaban J connectivity index is 3.07. The molecule has 400 valence electrons. The van der Waals surface area contributed by atoms with Crippen LogP contribution in [0.25, 0.3) is 0 Å². The average Bonchev–Trinajstić information content (AvgIpc) is 3.32. The van der Waals surface area contributed by atoms with E-state index < -0.39 is 138 Å². The van der Waals surface area contributed by atoms with Crippen molar-refractivity contribution in [1.82, 2.24) is 36.0 Å². The van der Waals surface area contributed by atoms with Crippen molar-refractivity contribution in [2.75, 3.05) is 41.3 Å². The van der Waals surface area contributed by atoms with Gasteiger partial charge in [0.05, 0.1) is 32.2 Å². The Morgan fingerprint density at radius 1 is 0.718 bits per heavy atom. The molecule has 0 aliphatic rings. The van der Waals surface area contributed by atoms with Crippen LogP contribution in [0.1, 0.15) is 108 Å². The number of Topliss-reactive ketones (excluding diaryl/α,β-unsaturated/α-hetero) is 1. The Bertz CT molecular complexity index is 2030. The van der Waals surface area contributed by atoms with Gasteiger partial charge in [0.15, 0.2) is 11.9 Å². The van der Waals surface area contributed by atoms with Crippen LogP contribution in [0, 0.1) is 29.1 Å². The molecule has 1 rings (SSSR count). The minimum Gasteiger partial charge on any atom is -0.497 e. The molecule has 1 aromatic carbocycles. The Hall–Kier alpha value is -6.12. The van der Waals surface area contributed by atoms with Crippen molar-refractivity contribution in [2.45, 2.75) is 151 Å². The number of amides is 7. The summed E-state index contributed by atoms with van der Waals surface area (Å²) >= 11 is 0. The summed E-state index contributed by atoms with van der Waals surface area (Å²) in [4.78, 5) is 136. The van der Waals surface area contributed by atoms with Crippen LogP contribution in [-0.4, -0.2) is 163 Å². The first-order valence-corrected chi connectivity index (χ1v) is 24.2. The van der Waals surface area contributed by atoms with Gasteiger partial charge in [0.1, 0.15) is 35.3 Å². The lowest BCUT2D eigenvalue weighted by molar-refractivity contribution is -0.163. The predicted octanol–water partition coefficient (Wildman–Crippen LogP) is 1.67. The van der Waals surface area contributed by atoms with Gasteiger partial charge in [0.2, 0.25) is 35.4 Å². The zero-order chi connectivity index (χ0) is 54.8. The molecule has 0 heterocycles. The lowest BCUT2D eigenvalue weighted by atomic mass is 9.83. The van der Waals surface area contributed by atoms with Gasteiger partial charge in [0.25, 0.3) is 5.91 Å². The summed E-state index contributed by atoms with van der Waals surface area (Å²) in [5.74, 6) is -8.69. The van der Waals surface area contributed by atoms with E-state index in [4.69, 9.17) is 15.2 Å². The number of carbonyl (C=O) groups excluding carboxylic acids is 9. The number of rotatable bonds is 29. The predicted molar refractivity (Wildman–Crippen MR) is 265 cm³/mol. The van der Waals surface area contributed by atoms with E-state index in [9.17, 15) is 53.1 Å². The van der Waals surface area contributed by atoms with E-state index in [2.05, 4.69) is 21.3 Å². The number of carboxylic acid groups (broad SMARTS) is 1. The fourth-order valence-electron chi connectivity index (χ4n) is 7.70. The zero-order valence-electron chi connectivity index (χ0n) is 44.7. The first-order chi connectivity index (χ1) is 32.9. The number of nitrogens with zero attached hydrogens (tertiary/aromatic N) is 3. The molecule has 9 atom stereocenters. The number of esters is 1. The Morgan fingerprint density at radius 2 is 1.25 bits per heavy atom. The molecule has 21 nitrogen and oxygen atoms in total. The third-order valence-corrected chi connectivity index (χ3v) is 12.8. The maximum Gasteiger partial charge on any atom is 0.326 e. The number of nitrogens with two attached hydrogens (primary N) is 1. The van der Waals surface area contributed by atoms with Crippen LogP contribution in [0.4, 0.5) is 0 Å². The minimum absolute atomic E-state index is 0.00700. The van der Waals surface area contributed by atoms with E-state index in [1.54, 1.807) is 58.9 Å². The number of likely N-dealkylation sites (N-methyl/N-ethyl adjacent to an activating group) is 3. The lowest BCUT2D eigenvalue weighted by Gasteiger charge is -2.35. The van der Waals surface area contributed by atoms with E-state index in [1.807, 2.05) is 13.8 Å². The van der Waals surface area contributed by atoms with E-state index in [-0.39, 0.29) is 25.2 Å². The van der Waals surface area contributed by atoms with Crippen LogP contribution in [0.3, 0.4) is 0 Å². The highest BCUT2D eigenvalue weighted by molar-refractivity contribution is 6.08. The highest BCUT2D eigenvalue weighted by Gasteiger charge is 2.40. The van der Waals surface area contributed by atoms with Crippen molar-refractivity contribution < 1.29 is 62.5 Å². The molecule has 21 heteroatoms. The van der Waals surface area contributed by atoms with Gasteiger partial charge >= 0.3 is 11.9 Å². The van der Waals surface area contributed by atoms with Gasteiger partial charge < -0.3 is 56.3 Å². The largest absolute Gasteiger partial charge is 0.497 e. The number of aliphatic carboxylic acids is 1. The lowest BCUT2D eigenvalue weighted by Crippen LogP contribution is -2.57. The Kier molecular flexibility index (Phi) is 25.4. The van der Waals surface area contributed by atoms with Crippen LogP contribution in [0.5, 0.6) is 5.75 Å². The smallest absolute Gasteiger partial charge is 0.326 e. The molecule has 71 heavy (non-hydrogen) atoms. The summed E-state index contributed by atoms with van der Waals surface area (Å²) < 4.78 is 10.9.